The standard InChI is InChI=1S/C12H18N2O3.ClH/c1-9(13)12(15)14-7-8-17-11-5-3-10(16-2)4-6-11;/h3-6,9H,7-8,13H2,1-2H3,(H,14,15);1H/t9-;/m1./s1. The maximum Gasteiger partial charge on any atom is 0.236 e. The Morgan fingerprint density at radius 1 is 1.33 bits per heavy atom. The third-order valence-electron chi connectivity index (χ3n) is 2.14. The van der Waals surface area contributed by atoms with Crippen LogP contribution < -0.4 is 20.5 Å². The summed E-state index contributed by atoms with van der Waals surface area (Å²) in [5.41, 5.74) is 5.39. The van der Waals surface area contributed by atoms with Crippen molar-refractivity contribution in [2.75, 3.05) is 20.3 Å². The van der Waals surface area contributed by atoms with Gasteiger partial charge in [0.15, 0.2) is 0 Å². The first-order valence-electron chi connectivity index (χ1n) is 5.43. The van der Waals surface area contributed by atoms with Gasteiger partial charge in [0.05, 0.1) is 19.7 Å². The van der Waals surface area contributed by atoms with Gasteiger partial charge in [-0.25, -0.2) is 0 Å². The van der Waals surface area contributed by atoms with Gasteiger partial charge in [0.1, 0.15) is 18.1 Å². The topological polar surface area (TPSA) is 73.6 Å². The van der Waals surface area contributed by atoms with Crippen molar-refractivity contribution < 1.29 is 14.3 Å². The van der Waals surface area contributed by atoms with E-state index in [2.05, 4.69) is 5.32 Å². The molecule has 5 nitrogen and oxygen atoms in total. The van der Waals surface area contributed by atoms with Crippen molar-refractivity contribution in [2.45, 2.75) is 13.0 Å². The van der Waals surface area contributed by atoms with Crippen LogP contribution in [0.2, 0.25) is 0 Å². The Morgan fingerprint density at radius 3 is 2.39 bits per heavy atom. The van der Waals surface area contributed by atoms with Crippen LogP contribution >= 0.6 is 12.4 Å². The van der Waals surface area contributed by atoms with E-state index in [9.17, 15) is 4.79 Å². The Morgan fingerprint density at radius 2 is 1.89 bits per heavy atom. The smallest absolute Gasteiger partial charge is 0.236 e. The van der Waals surface area contributed by atoms with E-state index in [1.54, 1.807) is 14.0 Å². The average Bonchev–Trinajstić information content (AvgIpc) is 2.35. The summed E-state index contributed by atoms with van der Waals surface area (Å²) in [6.45, 7) is 2.48. The van der Waals surface area contributed by atoms with E-state index in [1.807, 2.05) is 24.3 Å². The lowest BCUT2D eigenvalue weighted by atomic mass is 10.3. The number of benzene rings is 1. The Bertz CT molecular complexity index is 355. The summed E-state index contributed by atoms with van der Waals surface area (Å²) in [4.78, 5) is 11.1. The molecule has 6 heteroatoms. The van der Waals surface area contributed by atoms with Crippen LogP contribution in [-0.4, -0.2) is 32.2 Å². The highest BCUT2D eigenvalue weighted by molar-refractivity contribution is 5.85. The fourth-order valence-electron chi connectivity index (χ4n) is 1.18. The number of hydrogen-bond acceptors (Lipinski definition) is 4. The number of methoxy groups -OCH3 is 1. The molecule has 18 heavy (non-hydrogen) atoms. The Balaban J connectivity index is 0.00000289. The molecule has 0 bridgehead atoms. The number of hydrogen-bond donors (Lipinski definition) is 2. The molecule has 0 aromatic heterocycles. The average molecular weight is 275 g/mol. The van der Waals surface area contributed by atoms with Crippen molar-refractivity contribution in [3.8, 4) is 11.5 Å². The zero-order valence-corrected chi connectivity index (χ0v) is 11.3. The van der Waals surface area contributed by atoms with E-state index in [0.717, 1.165) is 11.5 Å². The lowest BCUT2D eigenvalue weighted by Crippen LogP contribution is -2.40. The number of halogens is 1. The third kappa shape index (κ3) is 5.75. The molecule has 3 N–H and O–H groups in total. The molecule has 0 spiro atoms. The number of carbonyl (C=O) groups excluding carboxylic acids is 1. The summed E-state index contributed by atoms with van der Waals surface area (Å²) >= 11 is 0. The van der Waals surface area contributed by atoms with Crippen LogP contribution in [0.5, 0.6) is 11.5 Å². The van der Waals surface area contributed by atoms with Crippen LogP contribution in [0, 0.1) is 0 Å². The highest BCUT2D eigenvalue weighted by Gasteiger charge is 2.05. The highest BCUT2D eigenvalue weighted by atomic mass is 35.5. The first kappa shape index (κ1) is 16.5. The van der Waals surface area contributed by atoms with Crippen LogP contribution in [0.25, 0.3) is 0 Å². The first-order chi connectivity index (χ1) is 8.13. The predicted molar refractivity (Wildman–Crippen MR) is 72.4 cm³/mol. The van der Waals surface area contributed by atoms with Crippen molar-refractivity contribution in [3.05, 3.63) is 24.3 Å². The molecule has 1 rings (SSSR count). The fourth-order valence-corrected chi connectivity index (χ4v) is 1.18. The van der Waals surface area contributed by atoms with Crippen molar-refractivity contribution in [2.24, 2.45) is 5.73 Å². The van der Waals surface area contributed by atoms with Gasteiger partial charge < -0.3 is 20.5 Å². The lowest BCUT2D eigenvalue weighted by molar-refractivity contribution is -0.122. The summed E-state index contributed by atoms with van der Waals surface area (Å²) in [6, 6.07) is 6.76. The second-order valence-electron chi connectivity index (χ2n) is 3.60. The molecule has 1 atom stereocenters. The molecule has 0 unspecified atom stereocenters. The molecule has 0 aliphatic rings. The van der Waals surface area contributed by atoms with E-state index < -0.39 is 6.04 Å². The van der Waals surface area contributed by atoms with Crippen molar-refractivity contribution in [1.82, 2.24) is 5.32 Å². The van der Waals surface area contributed by atoms with Crippen molar-refractivity contribution >= 4 is 18.3 Å². The van der Waals surface area contributed by atoms with Gasteiger partial charge in [-0.05, 0) is 31.2 Å². The number of amides is 1. The normalized spacial score (nSPS) is 11.1. The molecule has 0 saturated heterocycles. The van der Waals surface area contributed by atoms with E-state index in [0.29, 0.717) is 13.2 Å². The molecular formula is C12H19ClN2O3. The van der Waals surface area contributed by atoms with Gasteiger partial charge in [0.25, 0.3) is 0 Å². The number of ether oxygens (including phenoxy) is 2. The summed E-state index contributed by atoms with van der Waals surface area (Å²) in [5.74, 6) is 1.34. The van der Waals surface area contributed by atoms with Gasteiger partial charge in [-0.15, -0.1) is 12.4 Å². The third-order valence-corrected chi connectivity index (χ3v) is 2.14. The predicted octanol–water partition coefficient (Wildman–Crippen LogP) is 0.959. The Labute approximate surface area is 113 Å². The molecule has 0 aliphatic heterocycles. The van der Waals surface area contributed by atoms with Crippen LogP contribution in [0.15, 0.2) is 24.3 Å². The van der Waals surface area contributed by atoms with E-state index >= 15 is 0 Å². The van der Waals surface area contributed by atoms with E-state index in [-0.39, 0.29) is 18.3 Å². The summed E-state index contributed by atoms with van der Waals surface area (Å²) < 4.78 is 10.5. The quantitative estimate of drug-likeness (QED) is 0.758. The first-order valence-corrected chi connectivity index (χ1v) is 5.43. The summed E-state index contributed by atoms with van der Waals surface area (Å²) in [5, 5.41) is 2.66. The molecule has 0 fully saturated rings. The van der Waals surface area contributed by atoms with Gasteiger partial charge in [0.2, 0.25) is 5.91 Å². The van der Waals surface area contributed by atoms with Gasteiger partial charge in [0, 0.05) is 0 Å². The van der Waals surface area contributed by atoms with Crippen LogP contribution in [0.1, 0.15) is 6.92 Å². The van der Waals surface area contributed by atoms with E-state index in [4.69, 9.17) is 15.2 Å². The minimum Gasteiger partial charge on any atom is -0.497 e. The number of nitrogens with one attached hydrogen (secondary N) is 1. The second-order valence-corrected chi connectivity index (χ2v) is 3.60. The maximum absolute atomic E-state index is 11.1. The van der Waals surface area contributed by atoms with Crippen molar-refractivity contribution in [3.63, 3.8) is 0 Å². The number of rotatable bonds is 6. The largest absolute Gasteiger partial charge is 0.497 e. The van der Waals surface area contributed by atoms with Crippen LogP contribution in [-0.2, 0) is 4.79 Å². The zero-order valence-electron chi connectivity index (χ0n) is 10.5. The molecule has 102 valence electrons. The second kappa shape index (κ2) is 8.60. The Kier molecular flexibility index (Phi) is 7.91. The summed E-state index contributed by atoms with van der Waals surface area (Å²) in [7, 11) is 1.61. The zero-order chi connectivity index (χ0) is 12.7. The van der Waals surface area contributed by atoms with Gasteiger partial charge in [-0.2, -0.15) is 0 Å². The summed E-state index contributed by atoms with van der Waals surface area (Å²) in [6.07, 6.45) is 0. The van der Waals surface area contributed by atoms with Crippen LogP contribution in [0.3, 0.4) is 0 Å². The minimum absolute atomic E-state index is 0. The molecule has 0 saturated carbocycles. The minimum atomic E-state index is -0.490. The molecule has 0 radical (unpaired) electrons. The monoisotopic (exact) mass is 274 g/mol. The van der Waals surface area contributed by atoms with Gasteiger partial charge in [-0.3, -0.25) is 4.79 Å². The number of carbonyl (C=O) groups is 1. The molecular weight excluding hydrogens is 256 g/mol. The fraction of sp³-hybridized carbons (Fsp3) is 0.417. The molecule has 1 amide bonds. The maximum atomic E-state index is 11.1. The molecule has 1 aromatic rings. The molecule has 1 aromatic carbocycles. The molecule has 0 aliphatic carbocycles. The van der Waals surface area contributed by atoms with Gasteiger partial charge >= 0.3 is 0 Å². The van der Waals surface area contributed by atoms with Crippen molar-refractivity contribution in [1.29, 1.82) is 0 Å². The van der Waals surface area contributed by atoms with Gasteiger partial charge in [-0.1, -0.05) is 0 Å². The molecule has 0 heterocycles. The van der Waals surface area contributed by atoms with Crippen LogP contribution in [0.4, 0.5) is 0 Å². The SMILES string of the molecule is COc1ccc(OCCNC(=O)[C@@H](C)N)cc1.Cl. The number of nitrogens with two attached hydrogens (primary N) is 1. The Hall–Kier alpha value is -1.46. The van der Waals surface area contributed by atoms with E-state index in [1.165, 1.54) is 0 Å². The highest BCUT2D eigenvalue weighted by Crippen LogP contribution is 2.16. The lowest BCUT2D eigenvalue weighted by Gasteiger charge is -2.09.